The van der Waals surface area contributed by atoms with Crippen LogP contribution in [-0.2, 0) is 0 Å². The van der Waals surface area contributed by atoms with E-state index in [1.807, 2.05) is 23.6 Å². The number of fused-ring (bicyclic) bond motifs is 1. The van der Waals surface area contributed by atoms with E-state index < -0.39 is 0 Å². The Balaban J connectivity index is 2.28. The van der Waals surface area contributed by atoms with Crippen LogP contribution < -0.4 is 5.73 Å². The molecular formula is C15H16N4. The minimum atomic E-state index is 0.655. The molecule has 4 nitrogen and oxygen atoms in total. The van der Waals surface area contributed by atoms with Gasteiger partial charge in [-0.25, -0.2) is 0 Å². The predicted molar refractivity (Wildman–Crippen MR) is 77.0 cm³/mol. The highest BCUT2D eigenvalue weighted by Crippen LogP contribution is 2.23. The summed E-state index contributed by atoms with van der Waals surface area (Å²) in [6, 6.07) is 8.21. The third kappa shape index (κ3) is 1.85. The first kappa shape index (κ1) is 11.7. The summed E-state index contributed by atoms with van der Waals surface area (Å²) in [4.78, 5) is 0. The molecule has 0 saturated heterocycles. The lowest BCUT2D eigenvalue weighted by Gasteiger charge is -2.05. The topological polar surface area (TPSA) is 56.2 Å². The van der Waals surface area contributed by atoms with Crippen molar-refractivity contribution in [3.05, 3.63) is 47.2 Å². The molecule has 1 aromatic carbocycles. The van der Waals surface area contributed by atoms with Crippen molar-refractivity contribution in [3.63, 3.8) is 0 Å². The van der Waals surface area contributed by atoms with Gasteiger partial charge >= 0.3 is 0 Å². The molecule has 0 bridgehead atoms. The average Bonchev–Trinajstić information content (AvgIpc) is 2.76. The molecule has 0 fully saturated rings. The Kier molecular flexibility index (Phi) is 2.52. The Labute approximate surface area is 111 Å². The van der Waals surface area contributed by atoms with E-state index in [2.05, 4.69) is 42.2 Å². The molecule has 3 rings (SSSR count). The van der Waals surface area contributed by atoms with Gasteiger partial charge in [0.2, 0.25) is 0 Å². The lowest BCUT2D eigenvalue weighted by molar-refractivity contribution is 1.11. The van der Waals surface area contributed by atoms with Crippen molar-refractivity contribution >= 4 is 11.3 Å². The van der Waals surface area contributed by atoms with Gasteiger partial charge in [-0.1, -0.05) is 12.1 Å². The van der Waals surface area contributed by atoms with Gasteiger partial charge in [0.1, 0.15) is 0 Å². The summed E-state index contributed by atoms with van der Waals surface area (Å²) in [5, 5.41) is 8.45. The van der Waals surface area contributed by atoms with E-state index in [4.69, 9.17) is 5.73 Å². The fraction of sp³-hybridized carbons (Fsp3) is 0.200. The van der Waals surface area contributed by atoms with E-state index in [0.717, 1.165) is 17.0 Å². The van der Waals surface area contributed by atoms with Crippen molar-refractivity contribution in [2.75, 3.05) is 5.73 Å². The van der Waals surface area contributed by atoms with Crippen LogP contribution >= 0.6 is 0 Å². The quantitative estimate of drug-likeness (QED) is 0.724. The van der Waals surface area contributed by atoms with Crippen LogP contribution in [0.15, 0.2) is 30.5 Å². The van der Waals surface area contributed by atoms with Crippen molar-refractivity contribution < 1.29 is 0 Å². The first-order chi connectivity index (χ1) is 9.06. The maximum Gasteiger partial charge on any atom is 0.184 e. The Hall–Kier alpha value is -2.36. The molecule has 0 aliphatic heterocycles. The zero-order chi connectivity index (χ0) is 13.6. The molecule has 96 valence electrons. The molecule has 0 aliphatic carbocycles. The van der Waals surface area contributed by atoms with Gasteiger partial charge in [-0.2, -0.15) is 0 Å². The van der Waals surface area contributed by atoms with E-state index >= 15 is 0 Å². The van der Waals surface area contributed by atoms with Gasteiger partial charge in [-0.3, -0.25) is 4.40 Å². The fourth-order valence-electron chi connectivity index (χ4n) is 2.24. The standard InChI is InChI=1S/C15H16N4/c1-9-6-13(16)15-18-17-14(19(15)8-9)12-5-4-10(2)11(3)7-12/h4-8H,16H2,1-3H3. The molecule has 3 aromatic rings. The monoisotopic (exact) mass is 252 g/mol. The van der Waals surface area contributed by atoms with E-state index in [1.54, 1.807) is 0 Å². The van der Waals surface area contributed by atoms with Crippen LogP contribution in [0.1, 0.15) is 16.7 Å². The number of hydrogen-bond donors (Lipinski definition) is 1. The van der Waals surface area contributed by atoms with Crippen LogP contribution in [0.4, 0.5) is 5.69 Å². The van der Waals surface area contributed by atoms with Gasteiger partial charge in [-0.15, -0.1) is 10.2 Å². The average molecular weight is 252 g/mol. The Morgan fingerprint density at radius 2 is 1.79 bits per heavy atom. The smallest absolute Gasteiger partial charge is 0.184 e. The Bertz CT molecular complexity index is 771. The third-order valence-electron chi connectivity index (χ3n) is 3.44. The highest BCUT2D eigenvalue weighted by Gasteiger charge is 2.11. The predicted octanol–water partition coefficient (Wildman–Crippen LogP) is 2.90. The molecule has 2 heterocycles. The molecule has 0 unspecified atom stereocenters. The number of hydrogen-bond acceptors (Lipinski definition) is 3. The van der Waals surface area contributed by atoms with Crippen molar-refractivity contribution in [3.8, 4) is 11.4 Å². The number of benzene rings is 1. The zero-order valence-electron chi connectivity index (χ0n) is 11.3. The maximum absolute atomic E-state index is 5.98. The highest BCUT2D eigenvalue weighted by molar-refractivity contribution is 5.70. The number of nitrogens with two attached hydrogens (primary N) is 1. The number of anilines is 1. The molecule has 0 atom stereocenters. The fourth-order valence-corrected chi connectivity index (χ4v) is 2.24. The number of aryl methyl sites for hydroxylation is 3. The van der Waals surface area contributed by atoms with Crippen LogP contribution in [0.25, 0.3) is 17.0 Å². The number of nitrogens with zero attached hydrogens (tertiary/aromatic N) is 3. The lowest BCUT2D eigenvalue weighted by atomic mass is 10.1. The molecule has 0 saturated carbocycles. The molecule has 0 spiro atoms. The SMILES string of the molecule is Cc1cc(N)c2nnc(-c3ccc(C)c(C)c3)n2c1. The molecule has 0 amide bonds. The molecule has 0 aliphatic rings. The van der Waals surface area contributed by atoms with Crippen molar-refractivity contribution in [2.45, 2.75) is 20.8 Å². The zero-order valence-corrected chi connectivity index (χ0v) is 11.3. The Morgan fingerprint density at radius 3 is 2.53 bits per heavy atom. The second-order valence-electron chi connectivity index (χ2n) is 4.99. The van der Waals surface area contributed by atoms with Gasteiger partial charge in [0.05, 0.1) is 5.69 Å². The third-order valence-corrected chi connectivity index (χ3v) is 3.44. The number of aromatic nitrogens is 3. The first-order valence-corrected chi connectivity index (χ1v) is 6.25. The van der Waals surface area contributed by atoms with Gasteiger partial charge in [-0.05, 0) is 49.6 Å². The first-order valence-electron chi connectivity index (χ1n) is 6.25. The van der Waals surface area contributed by atoms with Crippen LogP contribution in [0, 0.1) is 20.8 Å². The molecule has 0 radical (unpaired) electrons. The summed E-state index contributed by atoms with van der Waals surface area (Å²) in [7, 11) is 0. The summed E-state index contributed by atoms with van der Waals surface area (Å²) < 4.78 is 1.95. The number of pyridine rings is 1. The van der Waals surface area contributed by atoms with Crippen molar-refractivity contribution in [1.29, 1.82) is 0 Å². The summed E-state index contributed by atoms with van der Waals surface area (Å²) in [6.45, 7) is 6.21. The van der Waals surface area contributed by atoms with E-state index in [1.165, 1.54) is 11.1 Å². The second-order valence-corrected chi connectivity index (χ2v) is 4.99. The molecular weight excluding hydrogens is 236 g/mol. The van der Waals surface area contributed by atoms with E-state index in [0.29, 0.717) is 11.3 Å². The lowest BCUT2D eigenvalue weighted by Crippen LogP contribution is -1.96. The summed E-state index contributed by atoms with van der Waals surface area (Å²) in [6.07, 6.45) is 2.01. The van der Waals surface area contributed by atoms with Crippen LogP contribution in [0.2, 0.25) is 0 Å². The van der Waals surface area contributed by atoms with Crippen molar-refractivity contribution in [1.82, 2.24) is 14.6 Å². The van der Waals surface area contributed by atoms with Gasteiger partial charge in [0, 0.05) is 11.8 Å². The summed E-state index contributed by atoms with van der Waals surface area (Å²) in [5.41, 5.74) is 12.0. The van der Waals surface area contributed by atoms with Gasteiger partial charge in [0.15, 0.2) is 11.5 Å². The normalized spacial score (nSPS) is 11.1. The van der Waals surface area contributed by atoms with Crippen LogP contribution in [0.3, 0.4) is 0 Å². The van der Waals surface area contributed by atoms with E-state index in [-0.39, 0.29) is 0 Å². The molecule has 4 heteroatoms. The molecule has 19 heavy (non-hydrogen) atoms. The van der Waals surface area contributed by atoms with Crippen molar-refractivity contribution in [2.24, 2.45) is 0 Å². The van der Waals surface area contributed by atoms with Gasteiger partial charge in [0.25, 0.3) is 0 Å². The summed E-state index contributed by atoms with van der Waals surface area (Å²) in [5.74, 6) is 0.827. The van der Waals surface area contributed by atoms with Crippen LogP contribution in [-0.4, -0.2) is 14.6 Å². The van der Waals surface area contributed by atoms with E-state index in [9.17, 15) is 0 Å². The maximum atomic E-state index is 5.98. The number of nitrogen functional groups attached to an aromatic ring is 1. The number of rotatable bonds is 1. The molecule has 2 N–H and O–H groups in total. The minimum Gasteiger partial charge on any atom is -0.396 e. The van der Waals surface area contributed by atoms with Gasteiger partial charge < -0.3 is 5.73 Å². The summed E-state index contributed by atoms with van der Waals surface area (Å²) >= 11 is 0. The highest BCUT2D eigenvalue weighted by atomic mass is 15.2. The Morgan fingerprint density at radius 1 is 1.00 bits per heavy atom. The largest absolute Gasteiger partial charge is 0.396 e. The second kappa shape index (κ2) is 4.09. The molecule has 2 aromatic heterocycles. The minimum absolute atomic E-state index is 0.655. The van der Waals surface area contributed by atoms with Crippen LogP contribution in [0.5, 0.6) is 0 Å².